The summed E-state index contributed by atoms with van der Waals surface area (Å²) in [5.41, 5.74) is 0. The summed E-state index contributed by atoms with van der Waals surface area (Å²) in [6.45, 7) is 14.1. The van der Waals surface area contributed by atoms with E-state index in [1.165, 1.54) is 57.9 Å². The fourth-order valence-corrected chi connectivity index (χ4v) is 2.82. The van der Waals surface area contributed by atoms with Gasteiger partial charge in [0.25, 0.3) is 0 Å². The first-order valence-corrected chi connectivity index (χ1v) is 8.89. The van der Waals surface area contributed by atoms with Crippen LogP contribution < -0.4 is 0 Å². The molecule has 0 N–H and O–H groups in total. The Kier molecular flexibility index (Phi) is 17.9. The Hall–Kier alpha value is -0.0400. The summed E-state index contributed by atoms with van der Waals surface area (Å²) in [5, 5.41) is 0. The molecule has 0 aliphatic heterocycles. The second kappa shape index (κ2) is 16.0. The highest BCUT2D eigenvalue weighted by Gasteiger charge is 2.22. The van der Waals surface area contributed by atoms with Crippen LogP contribution in [-0.2, 0) is 0 Å². The molecule has 0 aromatic rings. The Labute approximate surface area is 124 Å². The maximum Gasteiger partial charge on any atom is 0.00924 e. The molecule has 0 amide bonds. The number of nitrogens with zero attached hydrogens (tertiary/aromatic N) is 1. The molecular weight excluding hydrogens is 230 g/mol. The Morgan fingerprint density at radius 3 is 1.68 bits per heavy atom. The van der Waals surface area contributed by atoms with Crippen LogP contribution in [0, 0.1) is 5.92 Å². The third kappa shape index (κ3) is 11.5. The van der Waals surface area contributed by atoms with Gasteiger partial charge in [-0.15, -0.1) is 0 Å². The molecule has 0 atom stereocenters. The van der Waals surface area contributed by atoms with Gasteiger partial charge in [0.15, 0.2) is 0 Å². The van der Waals surface area contributed by atoms with Gasteiger partial charge in [0.1, 0.15) is 0 Å². The minimum absolute atomic E-state index is 0.892. The Bertz CT molecular complexity index is 148. The van der Waals surface area contributed by atoms with Crippen LogP contribution in [0.3, 0.4) is 0 Å². The summed E-state index contributed by atoms with van der Waals surface area (Å²) in [7, 11) is 2.30. The van der Waals surface area contributed by atoms with Gasteiger partial charge in [0.2, 0.25) is 0 Å². The maximum absolute atomic E-state index is 2.57. The van der Waals surface area contributed by atoms with Crippen molar-refractivity contribution >= 4 is 0 Å². The summed E-state index contributed by atoms with van der Waals surface area (Å²) < 4.78 is 0. The topological polar surface area (TPSA) is 3.24 Å². The lowest BCUT2D eigenvalue weighted by atomic mass is 9.83. The molecule has 0 spiro atoms. The molecule has 1 saturated carbocycles. The fraction of sp³-hybridized carbons (Fsp3) is 1.00. The first-order chi connectivity index (χ1) is 9.19. The summed E-state index contributed by atoms with van der Waals surface area (Å²) in [6, 6.07) is 0.892. The SMILES string of the molecule is CC.CCC.CCCC1CCC(N(C)CCC)CC1. The standard InChI is InChI=1S/C13H27N.C3H8.C2H6/c1-4-6-12-7-9-13(10-8-12)14(3)11-5-2;1-3-2;1-2/h12-13H,4-11H2,1-3H3;3H2,1-2H3;1-2H3. The second-order valence-corrected chi connectivity index (χ2v) is 5.65. The van der Waals surface area contributed by atoms with Crippen LogP contribution in [0.4, 0.5) is 0 Å². The van der Waals surface area contributed by atoms with E-state index >= 15 is 0 Å². The van der Waals surface area contributed by atoms with E-state index in [2.05, 4.69) is 39.6 Å². The summed E-state index contributed by atoms with van der Waals surface area (Å²) in [4.78, 5) is 2.57. The van der Waals surface area contributed by atoms with Crippen LogP contribution in [0.15, 0.2) is 0 Å². The van der Waals surface area contributed by atoms with E-state index in [-0.39, 0.29) is 0 Å². The molecule has 0 saturated heterocycles. The molecule has 0 aromatic carbocycles. The molecule has 0 unspecified atom stereocenters. The zero-order valence-corrected chi connectivity index (χ0v) is 15.0. The van der Waals surface area contributed by atoms with Gasteiger partial charge in [0.05, 0.1) is 0 Å². The van der Waals surface area contributed by atoms with Crippen molar-refractivity contribution < 1.29 is 0 Å². The third-order valence-electron chi connectivity index (χ3n) is 3.71. The molecule has 0 aromatic heterocycles. The zero-order chi connectivity index (χ0) is 15.1. The van der Waals surface area contributed by atoms with E-state index in [9.17, 15) is 0 Å². The molecule has 1 fully saturated rings. The Balaban J connectivity index is 0. The van der Waals surface area contributed by atoms with E-state index in [1.54, 1.807) is 0 Å². The fourth-order valence-electron chi connectivity index (χ4n) is 2.82. The molecule has 0 bridgehead atoms. The largest absolute Gasteiger partial charge is 0.303 e. The van der Waals surface area contributed by atoms with Gasteiger partial charge >= 0.3 is 0 Å². The average molecular weight is 272 g/mol. The van der Waals surface area contributed by atoms with E-state index in [0.29, 0.717) is 0 Å². The predicted octanol–water partition coefficient (Wildman–Crippen LogP) is 6.13. The van der Waals surface area contributed by atoms with Crippen molar-refractivity contribution in [3.63, 3.8) is 0 Å². The molecule has 1 heteroatoms. The third-order valence-corrected chi connectivity index (χ3v) is 3.71. The van der Waals surface area contributed by atoms with Crippen LogP contribution in [0.1, 0.15) is 92.9 Å². The quantitative estimate of drug-likeness (QED) is 0.581. The molecule has 1 aliphatic rings. The zero-order valence-electron chi connectivity index (χ0n) is 15.0. The maximum atomic E-state index is 2.57. The van der Waals surface area contributed by atoms with E-state index in [4.69, 9.17) is 0 Å². The average Bonchev–Trinajstić information content (AvgIpc) is 2.43. The van der Waals surface area contributed by atoms with E-state index in [1.807, 2.05) is 13.8 Å². The van der Waals surface area contributed by atoms with Crippen LogP contribution in [0.5, 0.6) is 0 Å². The molecule has 19 heavy (non-hydrogen) atoms. The van der Waals surface area contributed by atoms with E-state index in [0.717, 1.165) is 12.0 Å². The Morgan fingerprint density at radius 1 is 0.842 bits per heavy atom. The molecule has 0 radical (unpaired) electrons. The van der Waals surface area contributed by atoms with Gasteiger partial charge in [-0.3, -0.25) is 0 Å². The van der Waals surface area contributed by atoms with Crippen LogP contribution in [0.2, 0.25) is 0 Å². The van der Waals surface area contributed by atoms with Crippen molar-refractivity contribution in [2.45, 2.75) is 99.0 Å². The van der Waals surface area contributed by atoms with Crippen LogP contribution in [0.25, 0.3) is 0 Å². The van der Waals surface area contributed by atoms with Crippen molar-refractivity contribution in [1.29, 1.82) is 0 Å². The highest BCUT2D eigenvalue weighted by molar-refractivity contribution is 4.77. The summed E-state index contributed by atoms with van der Waals surface area (Å²) in [6.07, 6.45) is 11.2. The van der Waals surface area contributed by atoms with Gasteiger partial charge < -0.3 is 4.90 Å². The number of hydrogen-bond donors (Lipinski definition) is 0. The number of hydrogen-bond acceptors (Lipinski definition) is 1. The lowest BCUT2D eigenvalue weighted by Crippen LogP contribution is -2.35. The minimum Gasteiger partial charge on any atom is -0.303 e. The van der Waals surface area contributed by atoms with Gasteiger partial charge in [-0.25, -0.2) is 0 Å². The van der Waals surface area contributed by atoms with Crippen LogP contribution >= 0.6 is 0 Å². The van der Waals surface area contributed by atoms with Gasteiger partial charge in [-0.05, 0) is 51.6 Å². The highest BCUT2D eigenvalue weighted by atomic mass is 15.1. The molecule has 1 nitrogen and oxygen atoms in total. The monoisotopic (exact) mass is 271 g/mol. The lowest BCUT2D eigenvalue weighted by molar-refractivity contribution is 0.162. The molecule has 118 valence electrons. The first kappa shape index (κ1) is 21.3. The first-order valence-electron chi connectivity index (χ1n) is 8.89. The van der Waals surface area contributed by atoms with Crippen molar-refractivity contribution in [1.82, 2.24) is 4.90 Å². The molecule has 0 heterocycles. The summed E-state index contributed by atoms with van der Waals surface area (Å²) in [5.74, 6) is 1.05. The lowest BCUT2D eigenvalue weighted by Gasteiger charge is -2.34. The number of rotatable bonds is 5. The predicted molar refractivity (Wildman–Crippen MR) is 90.9 cm³/mol. The van der Waals surface area contributed by atoms with Gasteiger partial charge in [-0.2, -0.15) is 0 Å². The second-order valence-electron chi connectivity index (χ2n) is 5.65. The minimum atomic E-state index is 0.892. The smallest absolute Gasteiger partial charge is 0.00924 e. The summed E-state index contributed by atoms with van der Waals surface area (Å²) >= 11 is 0. The van der Waals surface area contributed by atoms with Crippen molar-refractivity contribution in [2.24, 2.45) is 5.92 Å². The molecule has 1 rings (SSSR count). The molecular formula is C18H41N. The normalized spacial score (nSPS) is 22.1. The van der Waals surface area contributed by atoms with Crippen molar-refractivity contribution in [3.05, 3.63) is 0 Å². The van der Waals surface area contributed by atoms with Crippen LogP contribution in [-0.4, -0.2) is 24.5 Å². The van der Waals surface area contributed by atoms with Gasteiger partial charge in [-0.1, -0.05) is 60.8 Å². The van der Waals surface area contributed by atoms with Gasteiger partial charge in [0, 0.05) is 6.04 Å². The van der Waals surface area contributed by atoms with Crippen molar-refractivity contribution in [2.75, 3.05) is 13.6 Å². The molecule has 1 aliphatic carbocycles. The Morgan fingerprint density at radius 2 is 1.32 bits per heavy atom. The van der Waals surface area contributed by atoms with E-state index < -0.39 is 0 Å². The highest BCUT2D eigenvalue weighted by Crippen LogP contribution is 2.29. The van der Waals surface area contributed by atoms with Crippen molar-refractivity contribution in [3.8, 4) is 0 Å².